The first-order chi connectivity index (χ1) is 10.0. The number of piperazine rings is 1. The molecule has 1 heterocycles. The third-order valence-corrected chi connectivity index (χ3v) is 3.90. The molecule has 2 rings (SSSR count). The molecule has 1 aliphatic rings. The molecular weight excluding hydrogens is 274 g/mol. The highest BCUT2D eigenvalue weighted by molar-refractivity contribution is 5.75. The van der Waals surface area contributed by atoms with Gasteiger partial charge in [-0.1, -0.05) is 19.1 Å². The van der Waals surface area contributed by atoms with E-state index in [-0.39, 0.29) is 11.6 Å². The summed E-state index contributed by atoms with van der Waals surface area (Å²) in [5.74, 6) is -1.09. The fourth-order valence-electron chi connectivity index (χ4n) is 2.73. The second-order valence-electron chi connectivity index (χ2n) is 5.21. The number of nitro benzene ring substituents is 1. The van der Waals surface area contributed by atoms with Crippen molar-refractivity contribution < 1.29 is 14.8 Å². The van der Waals surface area contributed by atoms with Crippen LogP contribution in [-0.2, 0) is 4.79 Å². The van der Waals surface area contributed by atoms with Gasteiger partial charge in [0.05, 0.1) is 4.92 Å². The second kappa shape index (κ2) is 6.64. The lowest BCUT2D eigenvalue weighted by Crippen LogP contribution is -2.53. The number of rotatable bonds is 5. The van der Waals surface area contributed by atoms with Gasteiger partial charge in [-0.05, 0) is 5.56 Å². The van der Waals surface area contributed by atoms with Gasteiger partial charge in [-0.2, -0.15) is 0 Å². The monoisotopic (exact) mass is 293 g/mol. The molecule has 0 spiro atoms. The molecule has 2 atom stereocenters. The Morgan fingerprint density at radius 2 is 1.90 bits per heavy atom. The van der Waals surface area contributed by atoms with Crippen LogP contribution in [0.25, 0.3) is 0 Å². The standard InChI is InChI=1S/C14H19N3O4/c1-10(11-2-4-12(5-3-11)17(20)21)13(14(18)19)16-8-6-15-7-9-16/h2-5,10,13,15H,6-9H2,1H3,(H,18,19)/t10?,13-/m0/s1. The molecule has 7 heteroatoms. The Hall–Kier alpha value is -1.99. The van der Waals surface area contributed by atoms with Gasteiger partial charge in [-0.25, -0.2) is 0 Å². The molecule has 1 saturated heterocycles. The topological polar surface area (TPSA) is 95.7 Å². The molecule has 0 saturated carbocycles. The van der Waals surface area contributed by atoms with E-state index in [1.54, 1.807) is 12.1 Å². The highest BCUT2D eigenvalue weighted by Crippen LogP contribution is 2.25. The Morgan fingerprint density at radius 1 is 1.33 bits per heavy atom. The molecule has 0 bridgehead atoms. The van der Waals surface area contributed by atoms with Crippen molar-refractivity contribution in [3.05, 3.63) is 39.9 Å². The quantitative estimate of drug-likeness (QED) is 0.622. The van der Waals surface area contributed by atoms with Crippen molar-refractivity contribution in [3.63, 3.8) is 0 Å². The lowest BCUT2D eigenvalue weighted by atomic mass is 9.91. The Balaban J connectivity index is 2.19. The maximum absolute atomic E-state index is 11.6. The fourth-order valence-corrected chi connectivity index (χ4v) is 2.73. The Bertz CT molecular complexity index is 511. The number of carbonyl (C=O) groups is 1. The number of carboxylic acids is 1. The molecular formula is C14H19N3O4. The van der Waals surface area contributed by atoms with Crippen LogP contribution in [0.1, 0.15) is 18.4 Å². The number of hydrogen-bond donors (Lipinski definition) is 2. The van der Waals surface area contributed by atoms with Crippen LogP contribution in [0.3, 0.4) is 0 Å². The number of benzene rings is 1. The zero-order valence-electron chi connectivity index (χ0n) is 11.9. The van der Waals surface area contributed by atoms with Gasteiger partial charge < -0.3 is 10.4 Å². The summed E-state index contributed by atoms with van der Waals surface area (Å²) in [4.78, 5) is 23.8. The van der Waals surface area contributed by atoms with Gasteiger partial charge in [0.1, 0.15) is 6.04 Å². The van der Waals surface area contributed by atoms with E-state index in [0.29, 0.717) is 13.1 Å². The van der Waals surface area contributed by atoms with E-state index in [1.165, 1.54) is 12.1 Å². The highest BCUT2D eigenvalue weighted by atomic mass is 16.6. The Morgan fingerprint density at radius 3 is 2.38 bits per heavy atom. The summed E-state index contributed by atoms with van der Waals surface area (Å²) in [6, 6.07) is 5.50. The van der Waals surface area contributed by atoms with Crippen molar-refractivity contribution in [2.45, 2.75) is 18.9 Å². The van der Waals surface area contributed by atoms with Gasteiger partial charge in [0, 0.05) is 44.2 Å². The first-order valence-corrected chi connectivity index (χ1v) is 6.92. The molecule has 21 heavy (non-hydrogen) atoms. The summed E-state index contributed by atoms with van der Waals surface area (Å²) < 4.78 is 0. The zero-order chi connectivity index (χ0) is 15.4. The first-order valence-electron chi connectivity index (χ1n) is 6.92. The van der Waals surface area contributed by atoms with Gasteiger partial charge in [0.2, 0.25) is 0 Å². The molecule has 1 aromatic carbocycles. The molecule has 1 unspecified atom stereocenters. The summed E-state index contributed by atoms with van der Waals surface area (Å²) in [5, 5.41) is 23.4. The minimum Gasteiger partial charge on any atom is -0.480 e. The van der Waals surface area contributed by atoms with Crippen LogP contribution in [0, 0.1) is 10.1 Å². The smallest absolute Gasteiger partial charge is 0.321 e. The number of non-ortho nitro benzene ring substituents is 1. The van der Waals surface area contributed by atoms with Crippen LogP contribution >= 0.6 is 0 Å². The molecule has 1 fully saturated rings. The third-order valence-electron chi connectivity index (χ3n) is 3.90. The lowest BCUT2D eigenvalue weighted by molar-refractivity contribution is -0.384. The highest BCUT2D eigenvalue weighted by Gasteiger charge is 2.32. The predicted molar refractivity (Wildman–Crippen MR) is 77.4 cm³/mol. The second-order valence-corrected chi connectivity index (χ2v) is 5.21. The molecule has 0 amide bonds. The Labute approximate surface area is 122 Å². The van der Waals surface area contributed by atoms with E-state index in [9.17, 15) is 20.0 Å². The van der Waals surface area contributed by atoms with Crippen LogP contribution < -0.4 is 5.32 Å². The average molecular weight is 293 g/mol. The summed E-state index contributed by atoms with van der Waals surface area (Å²) in [7, 11) is 0. The van der Waals surface area contributed by atoms with E-state index >= 15 is 0 Å². The minimum absolute atomic E-state index is 0.0139. The van der Waals surface area contributed by atoms with E-state index < -0.39 is 16.9 Å². The van der Waals surface area contributed by atoms with Crippen LogP contribution in [0.15, 0.2) is 24.3 Å². The number of aliphatic carboxylic acids is 1. The predicted octanol–water partition coefficient (Wildman–Crippen LogP) is 1.06. The number of nitrogens with one attached hydrogen (secondary N) is 1. The maximum Gasteiger partial charge on any atom is 0.321 e. The molecule has 0 aromatic heterocycles. The third kappa shape index (κ3) is 3.56. The lowest BCUT2D eigenvalue weighted by Gasteiger charge is -2.35. The van der Waals surface area contributed by atoms with E-state index in [1.807, 2.05) is 11.8 Å². The van der Waals surface area contributed by atoms with E-state index in [4.69, 9.17) is 0 Å². The molecule has 114 valence electrons. The van der Waals surface area contributed by atoms with Crippen LogP contribution in [0.5, 0.6) is 0 Å². The number of nitro groups is 1. The largest absolute Gasteiger partial charge is 0.480 e. The normalized spacial score (nSPS) is 18.9. The molecule has 0 radical (unpaired) electrons. The van der Waals surface area contributed by atoms with Crippen LogP contribution in [0.4, 0.5) is 5.69 Å². The summed E-state index contributed by atoms with van der Waals surface area (Å²) in [6.45, 7) is 4.78. The van der Waals surface area contributed by atoms with Gasteiger partial charge >= 0.3 is 5.97 Å². The van der Waals surface area contributed by atoms with Gasteiger partial charge in [-0.3, -0.25) is 19.8 Å². The number of hydrogen-bond acceptors (Lipinski definition) is 5. The maximum atomic E-state index is 11.6. The van der Waals surface area contributed by atoms with E-state index in [0.717, 1.165) is 18.7 Å². The van der Waals surface area contributed by atoms with Gasteiger partial charge in [0.15, 0.2) is 0 Å². The van der Waals surface area contributed by atoms with Crippen molar-refractivity contribution in [2.75, 3.05) is 26.2 Å². The molecule has 1 aliphatic heterocycles. The number of nitrogens with zero attached hydrogens (tertiary/aromatic N) is 2. The van der Waals surface area contributed by atoms with Crippen LogP contribution in [0.2, 0.25) is 0 Å². The average Bonchev–Trinajstić information content (AvgIpc) is 2.48. The van der Waals surface area contributed by atoms with Crippen molar-refractivity contribution in [2.24, 2.45) is 0 Å². The van der Waals surface area contributed by atoms with E-state index in [2.05, 4.69) is 5.32 Å². The van der Waals surface area contributed by atoms with Crippen LogP contribution in [-0.4, -0.2) is 53.1 Å². The van der Waals surface area contributed by atoms with Crippen molar-refractivity contribution >= 4 is 11.7 Å². The Kier molecular flexibility index (Phi) is 4.87. The molecule has 0 aliphatic carbocycles. The zero-order valence-corrected chi connectivity index (χ0v) is 11.9. The van der Waals surface area contributed by atoms with Crippen molar-refractivity contribution in [1.29, 1.82) is 0 Å². The summed E-state index contributed by atoms with van der Waals surface area (Å²) >= 11 is 0. The van der Waals surface area contributed by atoms with Gasteiger partial charge in [-0.15, -0.1) is 0 Å². The summed E-state index contributed by atoms with van der Waals surface area (Å²) in [6.07, 6.45) is 0. The summed E-state index contributed by atoms with van der Waals surface area (Å²) in [5.41, 5.74) is 0.812. The minimum atomic E-state index is -0.859. The fraction of sp³-hybridized carbons (Fsp3) is 0.500. The van der Waals surface area contributed by atoms with Crippen molar-refractivity contribution in [3.8, 4) is 0 Å². The first kappa shape index (κ1) is 15.4. The number of carboxylic acid groups (broad SMARTS) is 1. The molecule has 1 aromatic rings. The van der Waals surface area contributed by atoms with Gasteiger partial charge in [0.25, 0.3) is 5.69 Å². The molecule has 2 N–H and O–H groups in total. The SMILES string of the molecule is CC(c1ccc([N+](=O)[O-])cc1)[C@@H](C(=O)O)N1CCNCC1. The molecule has 7 nitrogen and oxygen atoms in total. The van der Waals surface area contributed by atoms with Crippen molar-refractivity contribution in [1.82, 2.24) is 10.2 Å².